The van der Waals surface area contributed by atoms with Gasteiger partial charge in [0.25, 0.3) is 5.91 Å². The first kappa shape index (κ1) is 20.2. The van der Waals surface area contributed by atoms with Crippen molar-refractivity contribution in [3.63, 3.8) is 0 Å². The van der Waals surface area contributed by atoms with E-state index in [0.29, 0.717) is 28.9 Å². The van der Waals surface area contributed by atoms with Gasteiger partial charge in [-0.15, -0.1) is 0 Å². The maximum Gasteiger partial charge on any atom is 0.267 e. The Hall–Kier alpha value is -2.13. The van der Waals surface area contributed by atoms with Crippen LogP contribution in [0, 0.1) is 5.82 Å². The van der Waals surface area contributed by atoms with Gasteiger partial charge in [-0.05, 0) is 36.4 Å². The molecule has 0 atom stereocenters. The molecule has 6 nitrogen and oxygen atoms in total. The fourth-order valence-electron chi connectivity index (χ4n) is 3.27. The van der Waals surface area contributed by atoms with Crippen LogP contribution in [0.1, 0.15) is 0 Å². The first-order valence-corrected chi connectivity index (χ1v) is 10.9. The van der Waals surface area contributed by atoms with E-state index in [1.165, 1.54) is 22.1 Å². The van der Waals surface area contributed by atoms with Gasteiger partial charge in [-0.1, -0.05) is 23.2 Å². The molecule has 0 aliphatic carbocycles. The summed E-state index contributed by atoms with van der Waals surface area (Å²) < 4.78 is 45.5. The summed E-state index contributed by atoms with van der Waals surface area (Å²) in [6.45, 7) is 1.22. The van der Waals surface area contributed by atoms with Gasteiger partial charge in [0, 0.05) is 35.0 Å². The number of fused-ring (bicyclic) bond motifs is 1. The lowest BCUT2D eigenvalue weighted by molar-refractivity contribution is -0.130. The van der Waals surface area contributed by atoms with Crippen molar-refractivity contribution in [1.29, 1.82) is 0 Å². The summed E-state index contributed by atoms with van der Waals surface area (Å²) in [5.74, 6) is -1.25. The number of carbonyl (C=O) groups excluding carboxylic acids is 1. The Balaban J connectivity index is 1.90. The maximum absolute atomic E-state index is 14.0. The van der Waals surface area contributed by atoms with Crippen molar-refractivity contribution in [2.24, 2.45) is 0 Å². The lowest BCUT2D eigenvalue weighted by atomic mass is 10.2. The second-order valence-corrected chi connectivity index (χ2v) is 9.27. The Kier molecular flexibility index (Phi) is 5.29. The number of hydrogen-bond acceptors (Lipinski definition) is 5. The first-order valence-electron chi connectivity index (χ1n) is 8.66. The smallest absolute Gasteiger partial charge is 0.267 e. The standard InChI is InChI=1S/C19H15Cl2FN2O4S/c20-12-7-13(21)9-15(8-12)24-11-18(19(25)23-3-5-28-6-4-23)29(26,27)17-2-1-14(22)10-16(17)24/h1-2,7-11H,3-6H2. The molecule has 0 unspecified atom stereocenters. The highest BCUT2D eigenvalue weighted by Crippen LogP contribution is 2.41. The molecule has 1 amide bonds. The molecule has 1 fully saturated rings. The number of amides is 1. The molecule has 0 saturated carbocycles. The number of halogens is 3. The van der Waals surface area contributed by atoms with Crippen LogP contribution in [0.4, 0.5) is 15.8 Å². The monoisotopic (exact) mass is 456 g/mol. The summed E-state index contributed by atoms with van der Waals surface area (Å²) in [5.41, 5.74) is 0.471. The number of nitrogens with zero attached hydrogens (tertiary/aromatic N) is 2. The number of hydrogen-bond donors (Lipinski definition) is 0. The molecule has 0 spiro atoms. The Morgan fingerprint density at radius 3 is 2.34 bits per heavy atom. The SMILES string of the molecule is O=C(C1=CN(c2cc(Cl)cc(Cl)c2)c2cc(F)ccc2S1(=O)=O)N1CCOCC1. The highest BCUT2D eigenvalue weighted by molar-refractivity contribution is 7.96. The minimum absolute atomic E-state index is 0.0712. The molecular formula is C19H15Cl2FN2O4S. The zero-order valence-corrected chi connectivity index (χ0v) is 17.3. The van der Waals surface area contributed by atoms with Gasteiger partial charge >= 0.3 is 0 Å². The summed E-state index contributed by atoms with van der Waals surface area (Å²) in [5, 5.41) is 0.627. The van der Waals surface area contributed by atoms with Gasteiger partial charge in [0.2, 0.25) is 9.84 Å². The van der Waals surface area contributed by atoms with Gasteiger partial charge in [-0.3, -0.25) is 4.79 Å². The molecule has 0 aromatic heterocycles. The Morgan fingerprint density at radius 1 is 1.03 bits per heavy atom. The predicted molar refractivity (Wildman–Crippen MR) is 108 cm³/mol. The van der Waals surface area contributed by atoms with Gasteiger partial charge < -0.3 is 14.5 Å². The summed E-state index contributed by atoms with van der Waals surface area (Å²) in [6.07, 6.45) is 1.19. The van der Waals surface area contributed by atoms with E-state index >= 15 is 0 Å². The van der Waals surface area contributed by atoms with Crippen LogP contribution in [0.2, 0.25) is 10.0 Å². The number of benzene rings is 2. The van der Waals surface area contributed by atoms with Crippen molar-refractivity contribution < 1.29 is 22.3 Å². The molecule has 2 heterocycles. The number of morpholine rings is 1. The quantitative estimate of drug-likeness (QED) is 0.643. The molecule has 2 aromatic rings. The molecule has 29 heavy (non-hydrogen) atoms. The van der Waals surface area contributed by atoms with Crippen LogP contribution in [0.3, 0.4) is 0 Å². The fourth-order valence-corrected chi connectivity index (χ4v) is 5.30. The van der Waals surface area contributed by atoms with Crippen LogP contribution in [0.5, 0.6) is 0 Å². The van der Waals surface area contributed by atoms with Gasteiger partial charge in [0.1, 0.15) is 5.82 Å². The second kappa shape index (κ2) is 7.60. The van der Waals surface area contributed by atoms with Gasteiger partial charge in [0.15, 0.2) is 4.91 Å². The van der Waals surface area contributed by atoms with E-state index < -0.39 is 26.5 Å². The van der Waals surface area contributed by atoms with Crippen molar-refractivity contribution in [3.05, 3.63) is 63.4 Å². The van der Waals surface area contributed by atoms with Crippen molar-refractivity contribution >= 4 is 50.3 Å². The van der Waals surface area contributed by atoms with Gasteiger partial charge in [0.05, 0.1) is 23.8 Å². The van der Waals surface area contributed by atoms with Gasteiger partial charge in [-0.2, -0.15) is 0 Å². The van der Waals surface area contributed by atoms with Crippen LogP contribution in [0.25, 0.3) is 0 Å². The van der Waals surface area contributed by atoms with E-state index in [-0.39, 0.29) is 23.7 Å². The van der Waals surface area contributed by atoms with E-state index in [1.807, 2.05) is 0 Å². The summed E-state index contributed by atoms with van der Waals surface area (Å²) in [4.78, 5) is 15.3. The summed E-state index contributed by atoms with van der Waals surface area (Å²) >= 11 is 12.2. The van der Waals surface area contributed by atoms with Crippen LogP contribution < -0.4 is 4.90 Å². The van der Waals surface area contributed by atoms with Gasteiger partial charge in [-0.25, -0.2) is 12.8 Å². The number of sulfone groups is 1. The topological polar surface area (TPSA) is 66.9 Å². The minimum Gasteiger partial charge on any atom is -0.378 e. The average molecular weight is 457 g/mol. The number of carbonyl (C=O) groups is 1. The molecule has 0 radical (unpaired) electrons. The molecule has 2 aromatic carbocycles. The normalized spacial score (nSPS) is 18.2. The van der Waals surface area contributed by atoms with Crippen molar-refractivity contribution in [2.45, 2.75) is 4.90 Å². The van der Waals surface area contributed by atoms with E-state index in [9.17, 15) is 17.6 Å². The van der Waals surface area contributed by atoms with Crippen molar-refractivity contribution in [1.82, 2.24) is 4.90 Å². The molecule has 1 saturated heterocycles. The molecule has 4 rings (SSSR count). The second-order valence-electron chi connectivity index (χ2n) is 6.51. The van der Waals surface area contributed by atoms with E-state index in [4.69, 9.17) is 27.9 Å². The molecule has 10 heteroatoms. The third-order valence-electron chi connectivity index (χ3n) is 4.64. The lowest BCUT2D eigenvalue weighted by Gasteiger charge is -2.32. The summed E-state index contributed by atoms with van der Waals surface area (Å²) in [6, 6.07) is 7.90. The Bertz CT molecular complexity index is 1110. The molecule has 152 valence electrons. The third kappa shape index (κ3) is 3.73. The van der Waals surface area contributed by atoms with Crippen LogP contribution >= 0.6 is 23.2 Å². The van der Waals surface area contributed by atoms with Crippen molar-refractivity contribution in [3.8, 4) is 0 Å². The molecule has 2 aliphatic heterocycles. The Morgan fingerprint density at radius 2 is 1.69 bits per heavy atom. The maximum atomic E-state index is 14.0. The highest BCUT2D eigenvalue weighted by atomic mass is 35.5. The fraction of sp³-hybridized carbons (Fsp3) is 0.211. The predicted octanol–water partition coefficient (Wildman–Crippen LogP) is 3.76. The minimum atomic E-state index is -4.15. The molecule has 0 N–H and O–H groups in total. The van der Waals surface area contributed by atoms with E-state index in [2.05, 4.69) is 0 Å². The molecule has 0 bridgehead atoms. The summed E-state index contributed by atoms with van der Waals surface area (Å²) in [7, 11) is -4.15. The zero-order valence-electron chi connectivity index (χ0n) is 14.9. The number of rotatable bonds is 2. The van der Waals surface area contributed by atoms with Crippen molar-refractivity contribution in [2.75, 3.05) is 31.2 Å². The average Bonchev–Trinajstić information content (AvgIpc) is 2.67. The number of ether oxygens (including phenoxy) is 1. The largest absolute Gasteiger partial charge is 0.378 e. The third-order valence-corrected chi connectivity index (χ3v) is 6.86. The molecule has 2 aliphatic rings. The Labute approximate surface area is 177 Å². The molecular weight excluding hydrogens is 442 g/mol. The lowest BCUT2D eigenvalue weighted by Crippen LogP contribution is -2.43. The van der Waals surface area contributed by atoms with E-state index in [0.717, 1.165) is 18.2 Å². The number of anilines is 2. The highest BCUT2D eigenvalue weighted by Gasteiger charge is 2.38. The van der Waals surface area contributed by atoms with Crippen LogP contribution in [0.15, 0.2) is 52.4 Å². The van der Waals surface area contributed by atoms with Crippen LogP contribution in [-0.2, 0) is 19.4 Å². The zero-order chi connectivity index (χ0) is 20.8. The van der Waals surface area contributed by atoms with E-state index in [1.54, 1.807) is 12.1 Å². The van der Waals surface area contributed by atoms with Crippen LogP contribution in [-0.4, -0.2) is 45.5 Å². The first-order chi connectivity index (χ1) is 13.8.